The summed E-state index contributed by atoms with van der Waals surface area (Å²) in [4.78, 5) is 0. The molecule has 0 aromatic heterocycles. The van der Waals surface area contributed by atoms with Gasteiger partial charge in [0, 0.05) is 0 Å². The standard InChI is InChI=1S/C11H13ClN2O2S/c1-8(2)7-17(15,16)14-11-5-9(6-13)3-4-10(11)12/h3-5,8,14H,7H2,1-2H3. The smallest absolute Gasteiger partial charge is 0.233 e. The lowest BCUT2D eigenvalue weighted by Crippen LogP contribution is -2.20. The number of nitrogens with zero attached hydrogens (tertiary/aromatic N) is 1. The maximum absolute atomic E-state index is 11.7. The van der Waals surface area contributed by atoms with Crippen molar-refractivity contribution in [2.45, 2.75) is 13.8 Å². The zero-order valence-corrected chi connectivity index (χ0v) is 11.1. The van der Waals surface area contributed by atoms with E-state index < -0.39 is 10.0 Å². The molecule has 0 unspecified atom stereocenters. The number of nitriles is 1. The fourth-order valence-corrected chi connectivity index (χ4v) is 3.01. The molecule has 1 aromatic carbocycles. The molecule has 1 rings (SSSR count). The van der Waals surface area contributed by atoms with E-state index in [1.807, 2.05) is 19.9 Å². The topological polar surface area (TPSA) is 70.0 Å². The molecule has 92 valence electrons. The molecular formula is C11H13ClN2O2S. The molecule has 17 heavy (non-hydrogen) atoms. The number of nitrogens with one attached hydrogen (secondary N) is 1. The number of halogens is 1. The second-order valence-corrected chi connectivity index (χ2v) is 6.26. The molecular weight excluding hydrogens is 260 g/mol. The van der Waals surface area contributed by atoms with Gasteiger partial charge in [-0.05, 0) is 24.1 Å². The van der Waals surface area contributed by atoms with Gasteiger partial charge in [0.2, 0.25) is 10.0 Å². The second-order valence-electron chi connectivity index (χ2n) is 4.08. The maximum Gasteiger partial charge on any atom is 0.233 e. The fraction of sp³-hybridized carbons (Fsp3) is 0.364. The van der Waals surface area contributed by atoms with E-state index in [0.29, 0.717) is 5.56 Å². The van der Waals surface area contributed by atoms with Crippen LogP contribution >= 0.6 is 11.6 Å². The molecule has 0 fully saturated rings. The largest absolute Gasteiger partial charge is 0.282 e. The molecule has 0 bridgehead atoms. The van der Waals surface area contributed by atoms with Crippen molar-refractivity contribution in [2.75, 3.05) is 10.5 Å². The minimum absolute atomic E-state index is 0.0140. The molecule has 0 atom stereocenters. The van der Waals surface area contributed by atoms with Gasteiger partial charge in [0.05, 0.1) is 28.1 Å². The minimum atomic E-state index is -3.43. The van der Waals surface area contributed by atoms with Crippen LogP contribution in [0.3, 0.4) is 0 Å². The lowest BCUT2D eigenvalue weighted by atomic mass is 10.2. The molecule has 4 nitrogen and oxygen atoms in total. The zero-order chi connectivity index (χ0) is 13.1. The SMILES string of the molecule is CC(C)CS(=O)(=O)Nc1cc(C#N)ccc1Cl. The summed E-state index contributed by atoms with van der Waals surface area (Å²) in [6.07, 6.45) is 0. The van der Waals surface area contributed by atoms with Crippen molar-refractivity contribution in [2.24, 2.45) is 5.92 Å². The molecule has 1 aromatic rings. The maximum atomic E-state index is 11.7. The normalized spacial score (nSPS) is 11.2. The van der Waals surface area contributed by atoms with Crippen LogP contribution in [0, 0.1) is 17.2 Å². The van der Waals surface area contributed by atoms with Gasteiger partial charge < -0.3 is 0 Å². The van der Waals surface area contributed by atoms with Gasteiger partial charge in [-0.25, -0.2) is 8.42 Å². The first-order valence-corrected chi connectivity index (χ1v) is 7.07. The zero-order valence-electron chi connectivity index (χ0n) is 9.57. The summed E-state index contributed by atoms with van der Waals surface area (Å²) in [6, 6.07) is 6.37. The highest BCUT2D eigenvalue weighted by Gasteiger charge is 2.14. The molecule has 0 spiro atoms. The summed E-state index contributed by atoms with van der Waals surface area (Å²) in [6.45, 7) is 3.62. The van der Waals surface area contributed by atoms with Gasteiger partial charge in [0.25, 0.3) is 0 Å². The van der Waals surface area contributed by atoms with E-state index in [2.05, 4.69) is 4.72 Å². The first-order valence-electron chi connectivity index (χ1n) is 5.04. The summed E-state index contributed by atoms with van der Waals surface area (Å²) >= 11 is 5.86. The van der Waals surface area contributed by atoms with Crippen molar-refractivity contribution >= 4 is 27.3 Å². The van der Waals surface area contributed by atoms with Crippen molar-refractivity contribution in [3.8, 4) is 6.07 Å². The minimum Gasteiger partial charge on any atom is -0.282 e. The first-order chi connectivity index (χ1) is 7.84. The molecule has 0 aliphatic rings. The van der Waals surface area contributed by atoms with E-state index in [9.17, 15) is 8.42 Å². The van der Waals surface area contributed by atoms with Crippen LogP contribution in [0.25, 0.3) is 0 Å². The predicted molar refractivity (Wildman–Crippen MR) is 68.4 cm³/mol. The van der Waals surface area contributed by atoms with Gasteiger partial charge in [-0.15, -0.1) is 0 Å². The van der Waals surface area contributed by atoms with Crippen molar-refractivity contribution in [3.63, 3.8) is 0 Å². The van der Waals surface area contributed by atoms with Gasteiger partial charge in [-0.3, -0.25) is 4.72 Å². The summed E-state index contributed by atoms with van der Waals surface area (Å²) in [7, 11) is -3.43. The van der Waals surface area contributed by atoms with Gasteiger partial charge in [0.15, 0.2) is 0 Å². The summed E-state index contributed by atoms with van der Waals surface area (Å²) < 4.78 is 25.8. The lowest BCUT2D eigenvalue weighted by molar-refractivity contribution is 0.587. The van der Waals surface area contributed by atoms with Crippen LogP contribution in [0.1, 0.15) is 19.4 Å². The number of anilines is 1. The Bertz CT molecular complexity index is 547. The highest BCUT2D eigenvalue weighted by atomic mass is 35.5. The third-order valence-corrected chi connectivity index (χ3v) is 3.88. The molecule has 0 radical (unpaired) electrons. The summed E-state index contributed by atoms with van der Waals surface area (Å²) in [5.74, 6) is 0.0329. The van der Waals surface area contributed by atoms with Gasteiger partial charge in [-0.1, -0.05) is 25.4 Å². The van der Waals surface area contributed by atoms with Crippen LogP contribution in [0.4, 0.5) is 5.69 Å². The summed E-state index contributed by atoms with van der Waals surface area (Å²) in [5, 5.41) is 9.00. The van der Waals surface area contributed by atoms with Crippen LogP contribution in [0.15, 0.2) is 18.2 Å². The number of rotatable bonds is 4. The van der Waals surface area contributed by atoms with Crippen LogP contribution in [0.5, 0.6) is 0 Å². The van der Waals surface area contributed by atoms with Crippen LogP contribution in [-0.4, -0.2) is 14.2 Å². The fourth-order valence-electron chi connectivity index (χ4n) is 1.32. The van der Waals surface area contributed by atoms with Gasteiger partial charge >= 0.3 is 0 Å². The molecule has 0 amide bonds. The average molecular weight is 273 g/mol. The van der Waals surface area contributed by atoms with E-state index in [4.69, 9.17) is 16.9 Å². The molecule has 0 heterocycles. The molecule has 0 aliphatic heterocycles. The Morgan fingerprint density at radius 3 is 2.65 bits per heavy atom. The number of hydrogen-bond donors (Lipinski definition) is 1. The van der Waals surface area contributed by atoms with Crippen molar-refractivity contribution in [1.29, 1.82) is 5.26 Å². The third kappa shape index (κ3) is 4.25. The average Bonchev–Trinajstić information content (AvgIpc) is 2.19. The quantitative estimate of drug-likeness (QED) is 0.916. The summed E-state index contributed by atoms with van der Waals surface area (Å²) in [5.41, 5.74) is 0.600. The van der Waals surface area contributed by atoms with Crippen molar-refractivity contribution < 1.29 is 8.42 Å². The van der Waals surface area contributed by atoms with E-state index in [0.717, 1.165) is 0 Å². The molecule has 0 saturated carbocycles. The van der Waals surface area contributed by atoms with E-state index in [1.165, 1.54) is 18.2 Å². The Morgan fingerprint density at radius 1 is 1.47 bits per heavy atom. The van der Waals surface area contributed by atoms with Crippen LogP contribution in [0.2, 0.25) is 5.02 Å². The van der Waals surface area contributed by atoms with Crippen molar-refractivity contribution in [1.82, 2.24) is 0 Å². The van der Waals surface area contributed by atoms with Gasteiger partial charge in [0.1, 0.15) is 0 Å². The molecule has 0 aliphatic carbocycles. The third-order valence-electron chi connectivity index (χ3n) is 1.91. The van der Waals surface area contributed by atoms with Gasteiger partial charge in [-0.2, -0.15) is 5.26 Å². The molecule has 1 N–H and O–H groups in total. The Hall–Kier alpha value is -1.25. The van der Waals surface area contributed by atoms with Crippen molar-refractivity contribution in [3.05, 3.63) is 28.8 Å². The second kappa shape index (κ2) is 5.39. The Labute approximate surface area is 106 Å². The highest BCUT2D eigenvalue weighted by molar-refractivity contribution is 7.92. The Morgan fingerprint density at radius 2 is 2.12 bits per heavy atom. The van der Waals surface area contributed by atoms with E-state index >= 15 is 0 Å². The Kier molecular flexibility index (Phi) is 4.38. The lowest BCUT2D eigenvalue weighted by Gasteiger charge is -2.11. The number of benzene rings is 1. The van der Waals surface area contributed by atoms with E-state index in [1.54, 1.807) is 0 Å². The first kappa shape index (κ1) is 13.8. The molecule has 0 saturated heterocycles. The Balaban J connectivity index is 2.99. The van der Waals surface area contributed by atoms with Crippen LogP contribution < -0.4 is 4.72 Å². The van der Waals surface area contributed by atoms with E-state index in [-0.39, 0.29) is 22.4 Å². The number of hydrogen-bond acceptors (Lipinski definition) is 3. The highest BCUT2D eigenvalue weighted by Crippen LogP contribution is 2.24. The number of sulfonamides is 1. The predicted octanol–water partition coefficient (Wildman–Crippen LogP) is 2.61. The molecule has 6 heteroatoms. The monoisotopic (exact) mass is 272 g/mol. The van der Waals surface area contributed by atoms with Crippen LogP contribution in [-0.2, 0) is 10.0 Å².